The van der Waals surface area contributed by atoms with Crippen LogP contribution in [0.1, 0.15) is 47.4 Å². The van der Waals surface area contributed by atoms with Gasteiger partial charge in [0.15, 0.2) is 5.69 Å². The number of ether oxygens (including phenoxy) is 2. The molecule has 4 rings (SSSR count). The van der Waals surface area contributed by atoms with Crippen molar-refractivity contribution in [2.24, 2.45) is 0 Å². The third kappa shape index (κ3) is 6.01. The number of aryl methyl sites for hydroxylation is 2. The number of morpholine rings is 1. The van der Waals surface area contributed by atoms with E-state index >= 15 is 0 Å². The molecule has 0 bridgehead atoms. The molecule has 13 heteroatoms. The van der Waals surface area contributed by atoms with Gasteiger partial charge in [0, 0.05) is 36.8 Å². The number of hydrogen-bond donors (Lipinski definition) is 1. The second-order valence-electron chi connectivity index (χ2n) is 9.81. The number of hydrogen-bond acceptors (Lipinski definition) is 8. The largest absolute Gasteiger partial charge is 0.437 e. The van der Waals surface area contributed by atoms with Gasteiger partial charge < -0.3 is 14.4 Å². The van der Waals surface area contributed by atoms with Gasteiger partial charge in [-0.05, 0) is 57.4 Å². The van der Waals surface area contributed by atoms with E-state index in [1.54, 1.807) is 18.7 Å². The molecule has 1 aliphatic heterocycles. The van der Waals surface area contributed by atoms with E-state index in [0.717, 1.165) is 17.2 Å². The van der Waals surface area contributed by atoms with Crippen LogP contribution in [0, 0.1) is 30.9 Å². The van der Waals surface area contributed by atoms with Gasteiger partial charge in [0.25, 0.3) is 11.6 Å². The van der Waals surface area contributed by atoms with Crippen LogP contribution in [0.5, 0.6) is 11.6 Å². The monoisotopic (exact) mass is 571 g/mol. The van der Waals surface area contributed by atoms with E-state index in [2.05, 4.69) is 9.82 Å². The molecule has 2 aromatic carbocycles. The van der Waals surface area contributed by atoms with Crippen molar-refractivity contribution in [3.8, 4) is 17.3 Å². The second-order valence-corrected chi connectivity index (χ2v) is 11.5. The van der Waals surface area contributed by atoms with Crippen LogP contribution < -0.4 is 9.46 Å². The summed E-state index contributed by atoms with van der Waals surface area (Å²) in [4.78, 5) is 25.6. The Labute approximate surface area is 233 Å². The lowest BCUT2D eigenvalue weighted by atomic mass is 10.1. The predicted molar refractivity (Wildman–Crippen MR) is 148 cm³/mol. The number of aromatic nitrogens is 2. The van der Waals surface area contributed by atoms with Gasteiger partial charge >= 0.3 is 0 Å². The first-order chi connectivity index (χ1) is 18.9. The highest BCUT2D eigenvalue weighted by Gasteiger charge is 2.30. The summed E-state index contributed by atoms with van der Waals surface area (Å²) >= 11 is 0. The van der Waals surface area contributed by atoms with Crippen molar-refractivity contribution in [2.75, 3.05) is 26.3 Å². The molecular weight excluding hydrogens is 538 g/mol. The fourth-order valence-electron chi connectivity index (χ4n) is 4.25. The van der Waals surface area contributed by atoms with Gasteiger partial charge in [-0.15, -0.1) is 0 Å². The van der Waals surface area contributed by atoms with Crippen LogP contribution in [-0.2, 0) is 14.8 Å². The van der Waals surface area contributed by atoms with E-state index in [0.29, 0.717) is 44.0 Å². The van der Waals surface area contributed by atoms with Crippen LogP contribution in [-0.4, -0.2) is 66.3 Å². The second kappa shape index (κ2) is 11.7. The molecule has 12 nitrogen and oxygen atoms in total. The van der Waals surface area contributed by atoms with Crippen molar-refractivity contribution in [1.82, 2.24) is 19.4 Å². The minimum atomic E-state index is -4.21. The first-order valence-electron chi connectivity index (χ1n) is 13.0. The summed E-state index contributed by atoms with van der Waals surface area (Å²) in [6.07, 6.45) is 0.510. The molecule has 0 radical (unpaired) electrons. The van der Waals surface area contributed by atoms with Crippen LogP contribution in [0.25, 0.3) is 5.69 Å². The minimum Gasteiger partial charge on any atom is -0.437 e. The van der Waals surface area contributed by atoms with Gasteiger partial charge in [0.1, 0.15) is 10.6 Å². The van der Waals surface area contributed by atoms with E-state index < -0.39 is 31.6 Å². The number of nitrogens with one attached hydrogen (secondary N) is 1. The maximum atomic E-state index is 13.5. The Hall–Kier alpha value is -3.81. The zero-order chi connectivity index (χ0) is 29.2. The smallest absolute Gasteiger partial charge is 0.274 e. The molecule has 1 unspecified atom stereocenters. The quantitative estimate of drug-likeness (QED) is 0.299. The SMILES string of the molecule is CCC(C)NS(=O)(=O)c1cc([N+](=O)[O-])ccc1Oc1c(C)c(C(=O)N2CCOCC2)nn1-c1cc(C)ccc1C. The summed E-state index contributed by atoms with van der Waals surface area (Å²) in [5, 5.41) is 16.1. The molecule has 1 amide bonds. The number of nitro groups is 1. The van der Waals surface area contributed by atoms with Crippen LogP contribution in [0.4, 0.5) is 5.69 Å². The lowest BCUT2D eigenvalue weighted by Gasteiger charge is -2.26. The van der Waals surface area contributed by atoms with Gasteiger partial charge in [-0.3, -0.25) is 14.9 Å². The summed E-state index contributed by atoms with van der Waals surface area (Å²) in [6, 6.07) is 8.70. The van der Waals surface area contributed by atoms with Crippen LogP contribution >= 0.6 is 0 Å². The van der Waals surface area contributed by atoms with Crippen molar-refractivity contribution >= 4 is 21.6 Å². The van der Waals surface area contributed by atoms with E-state index in [1.807, 2.05) is 39.0 Å². The van der Waals surface area contributed by atoms with Crippen molar-refractivity contribution in [3.05, 3.63) is 68.9 Å². The van der Waals surface area contributed by atoms with E-state index in [-0.39, 0.29) is 23.2 Å². The van der Waals surface area contributed by atoms with Crippen molar-refractivity contribution in [3.63, 3.8) is 0 Å². The number of amides is 1. The number of non-ortho nitro benzene ring substituents is 1. The number of rotatable bonds is 9. The third-order valence-corrected chi connectivity index (χ3v) is 8.38. The number of carbonyl (C=O) groups excluding carboxylic acids is 1. The normalized spacial score (nSPS) is 14.7. The molecule has 3 aromatic rings. The summed E-state index contributed by atoms with van der Waals surface area (Å²) in [7, 11) is -4.21. The van der Waals surface area contributed by atoms with Gasteiger partial charge in [0.2, 0.25) is 15.9 Å². The lowest BCUT2D eigenvalue weighted by molar-refractivity contribution is -0.385. The van der Waals surface area contributed by atoms with Gasteiger partial charge in [-0.1, -0.05) is 19.1 Å². The Morgan fingerprint density at radius 1 is 1.18 bits per heavy atom. The summed E-state index contributed by atoms with van der Waals surface area (Å²) in [6.45, 7) is 10.6. The first kappa shape index (κ1) is 29.2. The van der Waals surface area contributed by atoms with E-state index in [9.17, 15) is 23.3 Å². The first-order valence-corrected chi connectivity index (χ1v) is 14.4. The standard InChI is InChI=1S/C27H33N5O7S/c1-6-19(4)29-40(36,37)24-16-21(32(34)35)9-10-23(24)39-27-20(5)25(26(33)30-11-13-38-14-12-30)28-31(27)22-15-17(2)7-8-18(22)3/h7-10,15-16,19,29H,6,11-14H2,1-5H3. The molecule has 0 aliphatic carbocycles. The molecule has 1 fully saturated rings. The number of carbonyl (C=O) groups is 1. The molecule has 40 heavy (non-hydrogen) atoms. The Morgan fingerprint density at radius 2 is 1.88 bits per heavy atom. The molecule has 1 N–H and O–H groups in total. The highest BCUT2D eigenvalue weighted by Crippen LogP contribution is 2.36. The van der Waals surface area contributed by atoms with Crippen molar-refractivity contribution < 1.29 is 27.6 Å². The highest BCUT2D eigenvalue weighted by molar-refractivity contribution is 7.89. The van der Waals surface area contributed by atoms with Gasteiger partial charge in [0.05, 0.1) is 23.8 Å². The number of sulfonamides is 1. The molecule has 2 heterocycles. The van der Waals surface area contributed by atoms with Crippen molar-refractivity contribution in [2.45, 2.75) is 52.0 Å². The minimum absolute atomic E-state index is 0.124. The zero-order valence-corrected chi connectivity index (χ0v) is 23.9. The molecule has 214 valence electrons. The summed E-state index contributed by atoms with van der Waals surface area (Å²) in [5.41, 5.74) is 2.58. The van der Waals surface area contributed by atoms with Crippen LogP contribution in [0.2, 0.25) is 0 Å². The molecule has 0 spiro atoms. The maximum Gasteiger partial charge on any atom is 0.274 e. The maximum absolute atomic E-state index is 13.5. The van der Waals surface area contributed by atoms with Gasteiger partial charge in [-0.25, -0.2) is 13.1 Å². The predicted octanol–water partition coefficient (Wildman–Crippen LogP) is 4.05. The summed E-state index contributed by atoms with van der Waals surface area (Å²) in [5.74, 6) is -0.315. The molecule has 1 atom stereocenters. The Kier molecular flexibility index (Phi) is 8.57. The molecule has 1 saturated heterocycles. The summed E-state index contributed by atoms with van der Waals surface area (Å²) < 4.78 is 42.3. The van der Waals surface area contributed by atoms with Crippen LogP contribution in [0.15, 0.2) is 41.3 Å². The van der Waals surface area contributed by atoms with E-state index in [1.165, 1.54) is 16.8 Å². The Bertz CT molecular complexity index is 1540. The fourth-order valence-corrected chi connectivity index (χ4v) is 5.72. The van der Waals surface area contributed by atoms with Gasteiger partial charge in [-0.2, -0.15) is 9.78 Å². The van der Waals surface area contributed by atoms with Crippen molar-refractivity contribution in [1.29, 1.82) is 0 Å². The number of nitrogens with zero attached hydrogens (tertiary/aromatic N) is 4. The molecule has 1 aromatic heterocycles. The zero-order valence-electron chi connectivity index (χ0n) is 23.1. The topological polar surface area (TPSA) is 146 Å². The number of nitro benzene ring substituents is 1. The highest BCUT2D eigenvalue weighted by atomic mass is 32.2. The molecule has 1 aliphatic rings. The van der Waals surface area contributed by atoms with E-state index in [4.69, 9.17) is 9.47 Å². The average molecular weight is 572 g/mol. The Morgan fingerprint density at radius 3 is 2.52 bits per heavy atom. The Balaban J connectivity index is 1.89. The van der Waals surface area contributed by atoms with Crippen LogP contribution in [0.3, 0.4) is 0 Å². The fraction of sp³-hybridized carbons (Fsp3) is 0.407. The molecular formula is C27H33N5O7S. The lowest BCUT2D eigenvalue weighted by Crippen LogP contribution is -2.41. The average Bonchev–Trinajstić information content (AvgIpc) is 3.25. The third-order valence-electron chi connectivity index (χ3n) is 6.77. The number of benzene rings is 2. The molecule has 0 saturated carbocycles.